The minimum absolute atomic E-state index is 0. The first-order valence-electron chi connectivity index (χ1n) is 13.1. The van der Waals surface area contributed by atoms with Gasteiger partial charge in [-0.05, 0) is 25.7 Å². The fourth-order valence-corrected chi connectivity index (χ4v) is 2.43. The van der Waals surface area contributed by atoms with Crippen molar-refractivity contribution in [1.29, 1.82) is 0 Å². The van der Waals surface area contributed by atoms with Crippen molar-refractivity contribution in [3.63, 3.8) is 0 Å². The molecule has 0 amide bonds. The van der Waals surface area contributed by atoms with E-state index >= 15 is 0 Å². The average molecular weight is 1120 g/mol. The summed E-state index contributed by atoms with van der Waals surface area (Å²) in [4.78, 5) is 0. The van der Waals surface area contributed by atoms with Gasteiger partial charge >= 0.3 is 0 Å². The van der Waals surface area contributed by atoms with Gasteiger partial charge in [-0.1, -0.05) is 0 Å². The maximum atomic E-state index is 9.33. The molecule has 0 saturated carbocycles. The van der Waals surface area contributed by atoms with Gasteiger partial charge in [-0.25, -0.2) is 28.4 Å². The van der Waals surface area contributed by atoms with Crippen LogP contribution < -0.4 is 0 Å². The van der Waals surface area contributed by atoms with E-state index in [0.29, 0.717) is 39.3 Å². The smallest absolute Gasteiger partial charge is 0.0976 e. The summed E-state index contributed by atoms with van der Waals surface area (Å²) in [5.74, 6) is 0. The predicted molar refractivity (Wildman–Crippen MR) is 145 cm³/mol. The molecule has 0 radical (unpaired) electrons. The molecule has 0 spiro atoms. The van der Waals surface area contributed by atoms with Crippen LogP contribution in [0.15, 0.2) is 0 Å². The van der Waals surface area contributed by atoms with Crippen LogP contribution in [0, 0.1) is 28.4 Å². The monoisotopic (exact) mass is 1120 g/mol. The van der Waals surface area contributed by atoms with Crippen LogP contribution in [-0.2, 0) is 37.9 Å². The summed E-state index contributed by atoms with van der Waals surface area (Å²) in [6, 6.07) is 0. The van der Waals surface area contributed by atoms with Crippen molar-refractivity contribution in [2.24, 2.45) is 0 Å². The van der Waals surface area contributed by atoms with Gasteiger partial charge in [0.05, 0.1) is 64.1 Å². The van der Waals surface area contributed by atoms with Gasteiger partial charge < -0.3 is 68.5 Å². The van der Waals surface area contributed by atoms with E-state index in [2.05, 4.69) is 47.4 Å². The van der Waals surface area contributed by atoms with Crippen LogP contribution in [0.25, 0.3) is 0 Å². The second-order valence-corrected chi connectivity index (χ2v) is 8.20. The molecule has 0 aliphatic rings. The van der Waals surface area contributed by atoms with Gasteiger partial charge in [0.25, 0.3) is 0 Å². The summed E-state index contributed by atoms with van der Waals surface area (Å²) in [6.45, 7) is 3.91. The molecule has 6 N–H and O–H groups in total. The van der Waals surface area contributed by atoms with Crippen LogP contribution in [0.1, 0.15) is 25.7 Å². The number of hydrogen-bond acceptors (Lipinski definition) is 14. The number of aliphatic hydroxyl groups is 6. The average Bonchev–Trinajstić information content (AvgIpc) is 2.91. The Morgan fingerprint density at radius 2 is 0.714 bits per heavy atom. The maximum absolute atomic E-state index is 9.33. The van der Waals surface area contributed by atoms with Crippen LogP contribution in [0.4, 0.5) is 0 Å². The molecule has 0 fully saturated rings. The third-order valence-electron chi connectivity index (χ3n) is 4.35. The van der Waals surface area contributed by atoms with Crippen LogP contribution in [-0.4, -0.2) is 148 Å². The molecule has 16 heteroatoms. The Balaban J connectivity index is -0.000000176. The van der Waals surface area contributed by atoms with Gasteiger partial charge in [-0.15, -0.1) is 0 Å². The number of hydrogen-bond donors (Lipinski definition) is 6. The third-order valence-corrected chi connectivity index (χ3v) is 4.35. The SMILES string of the molecule is [CH2-]OCC(O)CCOCCCCOCCC(O)CO[CH2-].[CH2-]OCC(O)COCCO.[CH2-]OCC(O)COCCO.[Rf].[Rf]. The quantitative estimate of drug-likeness (QED) is 0.0445. The number of ether oxygens (including phenoxy) is 8. The fourth-order valence-electron chi connectivity index (χ4n) is 2.43. The Morgan fingerprint density at radius 1 is 0.405 bits per heavy atom. The van der Waals surface area contributed by atoms with Crippen LogP contribution >= 0.6 is 0 Å². The van der Waals surface area contributed by atoms with Crippen molar-refractivity contribution < 1.29 is 68.5 Å². The largest absolute Gasteiger partial charge is 0.553 e. The van der Waals surface area contributed by atoms with Gasteiger partial charge in [0.1, 0.15) is 0 Å². The van der Waals surface area contributed by atoms with E-state index in [1.807, 2.05) is 0 Å². The predicted octanol–water partition coefficient (Wildman–Crippen LogP) is -0.753. The fraction of sp³-hybridized carbons (Fsp3) is 0.846. The van der Waals surface area contributed by atoms with Gasteiger partial charge in [0.2, 0.25) is 0 Å². The van der Waals surface area contributed by atoms with Crippen molar-refractivity contribution in [2.45, 2.75) is 50.1 Å². The van der Waals surface area contributed by atoms with E-state index in [-0.39, 0.29) is 66.1 Å². The first-order chi connectivity index (χ1) is 19.3. The van der Waals surface area contributed by atoms with Crippen LogP contribution in [0.3, 0.4) is 0 Å². The summed E-state index contributed by atoms with van der Waals surface area (Å²) in [6.07, 6.45) is 0.609. The second-order valence-electron chi connectivity index (χ2n) is 8.20. The van der Waals surface area contributed by atoms with Crippen molar-refractivity contribution in [1.82, 2.24) is 0 Å². The molecule has 0 aromatic rings. The molecular weight excluding hydrogens is 1070 g/mol. The Labute approximate surface area is 240 Å². The molecule has 250 valence electrons. The molecular formula is C26H54O14Rf2-4. The van der Waals surface area contributed by atoms with E-state index in [0.717, 1.165) is 12.8 Å². The normalized spacial score (nSPS) is 13.3. The first kappa shape index (κ1) is 49.1. The Kier molecular flexibility index (Phi) is 50.2. The van der Waals surface area contributed by atoms with Gasteiger partial charge in [-0.2, -0.15) is 0 Å². The topological polar surface area (TPSA) is 195 Å². The molecule has 0 saturated heterocycles. The van der Waals surface area contributed by atoms with Crippen molar-refractivity contribution in [2.75, 3.05) is 92.5 Å². The zero-order valence-electron chi connectivity index (χ0n) is 25.2. The first-order valence-corrected chi connectivity index (χ1v) is 13.1. The summed E-state index contributed by atoms with van der Waals surface area (Å²) < 4.78 is 38.2. The summed E-state index contributed by atoms with van der Waals surface area (Å²) in [5, 5.41) is 53.0. The molecule has 0 heterocycles. The van der Waals surface area contributed by atoms with Gasteiger partial charge in [0, 0.05) is 52.9 Å². The molecule has 0 aliphatic heterocycles. The molecule has 0 rings (SSSR count). The van der Waals surface area contributed by atoms with E-state index < -0.39 is 24.4 Å². The van der Waals surface area contributed by atoms with Crippen LogP contribution in [0.2, 0.25) is 0 Å². The van der Waals surface area contributed by atoms with Gasteiger partial charge in [-0.3, -0.25) is 0 Å². The maximum Gasteiger partial charge on any atom is 0.0976 e. The second kappa shape index (κ2) is 42.9. The standard InChI is InChI=1S/C14H28O6.2C6H13O4.2Rf/c1-17-11-13(15)5-9-19-7-3-4-8-20-10-6-14(16)12-18-2;2*1-9-4-6(8)5-10-3-2-7;;/h13-16H,1-12H2;2*6-8H,1-5H2;;/q-2;2*-1;;. The van der Waals surface area contributed by atoms with Crippen LogP contribution in [0.5, 0.6) is 0 Å². The van der Waals surface area contributed by atoms with E-state index in [1.165, 1.54) is 0 Å². The molecule has 0 aromatic carbocycles. The summed E-state index contributed by atoms with van der Waals surface area (Å²) >= 11 is 0. The van der Waals surface area contributed by atoms with Crippen molar-refractivity contribution >= 4 is 0 Å². The zero-order valence-corrected chi connectivity index (χ0v) is 38.0. The minimum Gasteiger partial charge on any atom is -0.553 e. The van der Waals surface area contributed by atoms with Gasteiger partial charge in [0.15, 0.2) is 0 Å². The van der Waals surface area contributed by atoms with Crippen molar-refractivity contribution in [3.05, 3.63) is 28.4 Å². The number of rotatable bonds is 27. The number of aliphatic hydroxyl groups excluding tert-OH is 6. The van der Waals surface area contributed by atoms with E-state index in [1.54, 1.807) is 0 Å². The Hall–Kier alpha value is -2.56. The van der Waals surface area contributed by atoms with E-state index in [4.69, 9.17) is 39.4 Å². The van der Waals surface area contributed by atoms with E-state index in [9.17, 15) is 10.2 Å². The Bertz CT molecular complexity index is 410. The Morgan fingerprint density at radius 3 is 1.00 bits per heavy atom. The summed E-state index contributed by atoms with van der Waals surface area (Å²) in [7, 11) is 12.6. The minimum atomic E-state index is -0.649. The number of unbranched alkanes of at least 4 members (excludes halogenated alkanes) is 1. The third kappa shape index (κ3) is 47.2. The molecule has 0 bridgehead atoms. The van der Waals surface area contributed by atoms with Crippen molar-refractivity contribution in [3.8, 4) is 0 Å². The molecule has 0 aliphatic carbocycles. The molecule has 0 aromatic heterocycles. The molecule has 4 unspecified atom stereocenters. The summed E-state index contributed by atoms with van der Waals surface area (Å²) in [5.41, 5.74) is 0. The molecule has 4 atom stereocenters. The molecule has 42 heavy (non-hydrogen) atoms. The molecule has 14 nitrogen and oxygen atoms in total. The zero-order chi connectivity index (χ0) is 30.7.